The maximum absolute atomic E-state index is 9.81. The average molecular weight is 154 g/mol. The number of ether oxygens (including phenoxy) is 1. The minimum atomic E-state index is -0.0243. The van der Waals surface area contributed by atoms with Crippen molar-refractivity contribution in [2.45, 2.75) is 37.9 Å². The molecule has 0 unspecified atom stereocenters. The Bertz CT molecular complexity index is 186. The minimum Gasteiger partial charge on any atom is -0.392 e. The lowest BCUT2D eigenvalue weighted by molar-refractivity contribution is -0.235. The first-order valence-corrected chi connectivity index (χ1v) is 4.64. The smallest absolute Gasteiger partial charge is 0.0709 e. The summed E-state index contributed by atoms with van der Waals surface area (Å²) in [6.45, 7) is 0.883. The van der Waals surface area contributed by atoms with E-state index in [9.17, 15) is 5.11 Å². The monoisotopic (exact) mass is 154 g/mol. The zero-order valence-corrected chi connectivity index (χ0v) is 6.62. The molecule has 62 valence electrons. The molecule has 2 aliphatic carbocycles. The summed E-state index contributed by atoms with van der Waals surface area (Å²) in [6, 6.07) is 0. The second-order valence-electron chi connectivity index (χ2n) is 4.28. The van der Waals surface area contributed by atoms with E-state index >= 15 is 0 Å². The first kappa shape index (κ1) is 6.44. The van der Waals surface area contributed by atoms with Crippen molar-refractivity contribution in [1.82, 2.24) is 0 Å². The number of hydrogen-bond acceptors (Lipinski definition) is 2. The van der Waals surface area contributed by atoms with E-state index < -0.39 is 0 Å². The highest BCUT2D eigenvalue weighted by Crippen LogP contribution is 2.62. The third kappa shape index (κ3) is 0.541. The van der Waals surface area contributed by atoms with Crippen molar-refractivity contribution in [3.05, 3.63) is 0 Å². The van der Waals surface area contributed by atoms with Crippen molar-refractivity contribution in [3.8, 4) is 0 Å². The molecule has 3 atom stereocenters. The molecular formula is C9H14O2. The summed E-state index contributed by atoms with van der Waals surface area (Å²) in [5, 5.41) is 9.81. The van der Waals surface area contributed by atoms with Crippen molar-refractivity contribution >= 4 is 0 Å². The Morgan fingerprint density at radius 1 is 1.36 bits per heavy atom. The van der Waals surface area contributed by atoms with Crippen LogP contribution >= 0.6 is 0 Å². The summed E-state index contributed by atoms with van der Waals surface area (Å²) >= 11 is 0. The fourth-order valence-corrected chi connectivity index (χ4v) is 3.16. The van der Waals surface area contributed by atoms with E-state index in [2.05, 4.69) is 0 Å². The van der Waals surface area contributed by atoms with Gasteiger partial charge in [-0.05, 0) is 19.3 Å². The number of rotatable bonds is 0. The van der Waals surface area contributed by atoms with E-state index in [1.807, 2.05) is 0 Å². The molecule has 0 aromatic carbocycles. The fourth-order valence-electron chi connectivity index (χ4n) is 3.16. The zero-order valence-electron chi connectivity index (χ0n) is 6.62. The van der Waals surface area contributed by atoms with Gasteiger partial charge in [-0.2, -0.15) is 0 Å². The summed E-state index contributed by atoms with van der Waals surface area (Å²) in [7, 11) is 0. The third-order valence-corrected chi connectivity index (χ3v) is 3.98. The first-order chi connectivity index (χ1) is 5.34. The van der Waals surface area contributed by atoms with Gasteiger partial charge in [0, 0.05) is 17.9 Å². The van der Waals surface area contributed by atoms with Crippen LogP contribution < -0.4 is 0 Å². The van der Waals surface area contributed by atoms with E-state index in [-0.39, 0.29) is 11.5 Å². The van der Waals surface area contributed by atoms with Crippen LogP contribution in [-0.2, 0) is 4.74 Å². The normalized spacial score (nSPS) is 51.5. The lowest BCUT2D eigenvalue weighted by atomic mass is 9.48. The van der Waals surface area contributed by atoms with Crippen LogP contribution in [0.15, 0.2) is 0 Å². The molecule has 1 saturated heterocycles. The van der Waals surface area contributed by atoms with E-state index in [4.69, 9.17) is 4.74 Å². The van der Waals surface area contributed by atoms with Crippen LogP contribution in [-0.4, -0.2) is 23.9 Å². The number of hydrogen-bond donors (Lipinski definition) is 1. The van der Waals surface area contributed by atoms with Gasteiger partial charge >= 0.3 is 0 Å². The molecule has 0 amide bonds. The highest BCUT2D eigenvalue weighted by Gasteiger charge is 2.66. The average Bonchev–Trinajstić information content (AvgIpc) is 2.29. The quantitative estimate of drug-likeness (QED) is 0.562. The van der Waals surface area contributed by atoms with Crippen LogP contribution in [0.1, 0.15) is 25.7 Å². The molecule has 0 bridgehead atoms. The third-order valence-electron chi connectivity index (χ3n) is 3.98. The Labute approximate surface area is 66.5 Å². The van der Waals surface area contributed by atoms with Gasteiger partial charge < -0.3 is 9.84 Å². The number of aliphatic hydroxyl groups excluding tert-OH is 1. The predicted molar refractivity (Wildman–Crippen MR) is 40.1 cm³/mol. The van der Waals surface area contributed by atoms with E-state index in [0.717, 1.165) is 13.0 Å². The molecule has 1 aliphatic heterocycles. The predicted octanol–water partition coefficient (Wildman–Crippen LogP) is 0.936. The van der Waals surface area contributed by atoms with Crippen LogP contribution in [0.5, 0.6) is 0 Å². The first-order valence-electron chi connectivity index (χ1n) is 4.64. The highest BCUT2D eigenvalue weighted by atomic mass is 16.5. The van der Waals surface area contributed by atoms with Gasteiger partial charge in [0.1, 0.15) is 0 Å². The van der Waals surface area contributed by atoms with Crippen LogP contribution in [0.25, 0.3) is 0 Å². The molecule has 2 heteroatoms. The molecule has 3 rings (SSSR count). The molecule has 0 aromatic heterocycles. The summed E-state index contributed by atoms with van der Waals surface area (Å²) in [6.07, 6.45) is 5.21. The second-order valence-corrected chi connectivity index (χ2v) is 4.28. The molecular weight excluding hydrogens is 140 g/mol. The van der Waals surface area contributed by atoms with Gasteiger partial charge in [-0.25, -0.2) is 0 Å². The van der Waals surface area contributed by atoms with E-state index in [1.54, 1.807) is 0 Å². The molecule has 3 fully saturated rings. The van der Waals surface area contributed by atoms with E-state index in [0.29, 0.717) is 12.0 Å². The van der Waals surface area contributed by atoms with Crippen LogP contribution in [0.3, 0.4) is 0 Å². The van der Waals surface area contributed by atoms with Crippen molar-refractivity contribution in [1.29, 1.82) is 0 Å². The largest absolute Gasteiger partial charge is 0.392 e. The maximum Gasteiger partial charge on any atom is 0.0709 e. The van der Waals surface area contributed by atoms with Crippen molar-refractivity contribution in [2.24, 2.45) is 11.3 Å². The molecule has 1 N–H and O–H groups in total. The minimum absolute atomic E-state index is 0.0243. The Morgan fingerprint density at radius 3 is 2.82 bits per heavy atom. The molecule has 2 saturated carbocycles. The van der Waals surface area contributed by atoms with Crippen LogP contribution in [0.2, 0.25) is 0 Å². The lowest BCUT2D eigenvalue weighted by Crippen LogP contribution is -2.66. The highest BCUT2D eigenvalue weighted by molar-refractivity contribution is 5.15. The van der Waals surface area contributed by atoms with Crippen molar-refractivity contribution < 1.29 is 9.84 Å². The van der Waals surface area contributed by atoms with Crippen LogP contribution in [0.4, 0.5) is 0 Å². The SMILES string of the molecule is O[C@@H]1[C@@H]2CCO[C@@H]2C12CCC2. The molecule has 1 spiro atoms. The van der Waals surface area contributed by atoms with Gasteiger partial charge in [-0.1, -0.05) is 6.42 Å². The van der Waals surface area contributed by atoms with Crippen molar-refractivity contribution in [3.63, 3.8) is 0 Å². The fraction of sp³-hybridized carbons (Fsp3) is 1.00. The Hall–Kier alpha value is -0.0800. The Morgan fingerprint density at radius 2 is 2.18 bits per heavy atom. The molecule has 0 aromatic rings. The summed E-state index contributed by atoms with van der Waals surface area (Å²) < 4.78 is 5.62. The standard InChI is InChI=1S/C9H14O2/c10-7-6-2-5-11-8(6)9(7)3-1-4-9/h6-8,10H,1-5H2/t6-,7+,8-/m0/s1. The molecule has 11 heavy (non-hydrogen) atoms. The molecule has 1 heterocycles. The van der Waals surface area contributed by atoms with Crippen molar-refractivity contribution in [2.75, 3.05) is 6.61 Å². The molecule has 0 radical (unpaired) electrons. The lowest BCUT2D eigenvalue weighted by Gasteiger charge is -2.60. The maximum atomic E-state index is 9.81. The van der Waals surface area contributed by atoms with Gasteiger partial charge in [0.05, 0.1) is 12.2 Å². The van der Waals surface area contributed by atoms with Gasteiger partial charge in [0.2, 0.25) is 0 Å². The number of aliphatic hydroxyl groups is 1. The topological polar surface area (TPSA) is 29.5 Å². The van der Waals surface area contributed by atoms with E-state index in [1.165, 1.54) is 19.3 Å². The molecule has 2 nitrogen and oxygen atoms in total. The zero-order chi connectivity index (χ0) is 7.47. The second kappa shape index (κ2) is 1.80. The number of fused-ring (bicyclic) bond motifs is 2. The summed E-state index contributed by atoms with van der Waals surface area (Å²) in [5.74, 6) is 0.496. The van der Waals surface area contributed by atoms with Gasteiger partial charge in [-0.3, -0.25) is 0 Å². The Balaban J connectivity index is 1.86. The Kier molecular flexibility index (Phi) is 1.06. The summed E-state index contributed by atoms with van der Waals surface area (Å²) in [5.41, 5.74) is 0.237. The molecule has 3 aliphatic rings. The van der Waals surface area contributed by atoms with Gasteiger partial charge in [0.15, 0.2) is 0 Å². The van der Waals surface area contributed by atoms with Gasteiger partial charge in [-0.15, -0.1) is 0 Å². The summed E-state index contributed by atoms with van der Waals surface area (Å²) in [4.78, 5) is 0. The van der Waals surface area contributed by atoms with Crippen LogP contribution in [0, 0.1) is 11.3 Å². The van der Waals surface area contributed by atoms with Gasteiger partial charge in [0.25, 0.3) is 0 Å².